The molecule has 12 nitrogen and oxygen atoms in total. The molecular weight excluding hydrogens is 853 g/mol. The van der Waals surface area contributed by atoms with Gasteiger partial charge in [0.2, 0.25) is 0 Å². The van der Waals surface area contributed by atoms with Gasteiger partial charge in [-0.2, -0.15) is 0 Å². The highest BCUT2D eigenvalue weighted by Gasteiger charge is 2.50. The quantitative estimate of drug-likeness (QED) is 0.0228. The Kier molecular flexibility index (Phi) is 41.2. The minimum absolute atomic E-state index is 0.0532. The van der Waals surface area contributed by atoms with Crippen LogP contribution in [0.15, 0.2) is 24.3 Å². The van der Waals surface area contributed by atoms with E-state index in [1.54, 1.807) is 0 Å². The molecule has 0 bridgehead atoms. The van der Waals surface area contributed by atoms with Crippen molar-refractivity contribution in [1.82, 2.24) is 0 Å². The number of ether oxygens (including phenoxy) is 5. The summed E-state index contributed by atoms with van der Waals surface area (Å²) in [6, 6.07) is 0. The van der Waals surface area contributed by atoms with Crippen LogP contribution in [0.1, 0.15) is 252 Å². The van der Waals surface area contributed by atoms with E-state index < -0.39 is 67.3 Å². The summed E-state index contributed by atoms with van der Waals surface area (Å²) in [7, 11) is 0. The number of hydrogen-bond acceptors (Lipinski definition) is 11. The van der Waals surface area contributed by atoms with E-state index >= 15 is 0 Å². The van der Waals surface area contributed by atoms with E-state index in [4.69, 9.17) is 23.7 Å². The number of carboxylic acid groups (broad SMARTS) is 1. The van der Waals surface area contributed by atoms with Crippen LogP contribution in [0.5, 0.6) is 0 Å². The van der Waals surface area contributed by atoms with Crippen molar-refractivity contribution in [3.05, 3.63) is 24.3 Å². The standard InChI is InChI=1S/C55H98O12/c1-4-7-10-13-16-19-22-24-27-29-32-35-38-41-47(56)63-44-46(65-48(57)42-39-36-33-30-26-21-18-15-12-9-6-3)45-64-55-53(51(60)50(59)52(67-55)54(61)62)66-49(58)43-40-37-34-31-28-25-23-20-17-14-11-8-5-2/h15,18,20,23,46,50-53,55,59-60H,4-14,16-17,19,21-22,24-45H2,1-3H3,(H,61,62)/b18-15-,23-20-. The molecule has 0 aromatic rings. The summed E-state index contributed by atoms with van der Waals surface area (Å²) in [4.78, 5) is 50.8. The second-order valence-electron chi connectivity index (χ2n) is 18.9. The molecule has 1 saturated heterocycles. The molecule has 3 N–H and O–H groups in total. The highest BCUT2D eigenvalue weighted by Crippen LogP contribution is 2.26. The lowest BCUT2D eigenvalue weighted by Crippen LogP contribution is -2.61. The van der Waals surface area contributed by atoms with E-state index in [1.165, 1.54) is 96.3 Å². The molecule has 0 aromatic carbocycles. The van der Waals surface area contributed by atoms with Crippen LogP contribution in [-0.2, 0) is 42.9 Å². The van der Waals surface area contributed by atoms with E-state index in [0.29, 0.717) is 19.3 Å². The molecule has 0 saturated carbocycles. The summed E-state index contributed by atoms with van der Waals surface area (Å²) in [5.41, 5.74) is 0. The summed E-state index contributed by atoms with van der Waals surface area (Å²) in [5.74, 6) is -3.12. The summed E-state index contributed by atoms with van der Waals surface area (Å²) >= 11 is 0. The third-order valence-electron chi connectivity index (χ3n) is 12.5. The monoisotopic (exact) mass is 951 g/mol. The number of allylic oxidation sites excluding steroid dienone is 4. The first-order valence-electron chi connectivity index (χ1n) is 27.3. The van der Waals surface area contributed by atoms with Crippen LogP contribution in [-0.4, -0.2) is 89.2 Å². The van der Waals surface area contributed by atoms with Gasteiger partial charge in [-0.25, -0.2) is 4.79 Å². The molecule has 390 valence electrons. The Balaban J connectivity index is 2.72. The highest BCUT2D eigenvalue weighted by molar-refractivity contribution is 5.74. The van der Waals surface area contributed by atoms with Gasteiger partial charge < -0.3 is 39.0 Å². The van der Waals surface area contributed by atoms with Crippen LogP contribution in [0.3, 0.4) is 0 Å². The molecule has 6 unspecified atom stereocenters. The Labute approximate surface area is 407 Å². The number of carbonyl (C=O) groups is 4. The van der Waals surface area contributed by atoms with Gasteiger partial charge in [0.25, 0.3) is 0 Å². The minimum Gasteiger partial charge on any atom is -0.479 e. The Morgan fingerprint density at radius 2 is 0.866 bits per heavy atom. The van der Waals surface area contributed by atoms with Gasteiger partial charge in [-0.05, 0) is 64.2 Å². The van der Waals surface area contributed by atoms with Crippen molar-refractivity contribution in [2.45, 2.75) is 289 Å². The molecule has 1 aliphatic rings. The number of aliphatic carboxylic acids is 1. The first-order valence-corrected chi connectivity index (χ1v) is 27.3. The number of hydrogen-bond donors (Lipinski definition) is 3. The molecule has 0 aliphatic carbocycles. The summed E-state index contributed by atoms with van der Waals surface area (Å²) in [5, 5.41) is 31.3. The normalized spacial score (nSPS) is 19.0. The molecular formula is C55H98O12. The second-order valence-corrected chi connectivity index (χ2v) is 18.9. The number of aliphatic hydroxyl groups excluding tert-OH is 2. The third-order valence-corrected chi connectivity index (χ3v) is 12.5. The topological polar surface area (TPSA) is 175 Å². The van der Waals surface area contributed by atoms with Crippen molar-refractivity contribution in [2.75, 3.05) is 13.2 Å². The van der Waals surface area contributed by atoms with Crippen molar-refractivity contribution in [3.63, 3.8) is 0 Å². The van der Waals surface area contributed by atoms with E-state index in [9.17, 15) is 34.5 Å². The molecule has 0 radical (unpaired) electrons. The molecule has 1 aliphatic heterocycles. The number of rotatable bonds is 46. The molecule has 6 atom stereocenters. The highest BCUT2D eigenvalue weighted by atomic mass is 16.7. The maximum atomic E-state index is 13.0. The smallest absolute Gasteiger partial charge is 0.335 e. The Morgan fingerprint density at radius 3 is 1.33 bits per heavy atom. The average Bonchev–Trinajstić information content (AvgIpc) is 3.31. The third kappa shape index (κ3) is 35.0. The molecule has 1 fully saturated rings. The van der Waals surface area contributed by atoms with Crippen LogP contribution >= 0.6 is 0 Å². The van der Waals surface area contributed by atoms with E-state index in [1.807, 2.05) is 0 Å². The van der Waals surface area contributed by atoms with Crippen LogP contribution < -0.4 is 0 Å². The number of aliphatic hydroxyl groups is 2. The molecule has 1 rings (SSSR count). The van der Waals surface area contributed by atoms with Gasteiger partial charge in [0, 0.05) is 19.3 Å². The van der Waals surface area contributed by atoms with Gasteiger partial charge in [-0.1, -0.05) is 193 Å². The fourth-order valence-corrected chi connectivity index (χ4v) is 8.23. The molecule has 67 heavy (non-hydrogen) atoms. The summed E-state index contributed by atoms with van der Waals surface area (Å²) < 4.78 is 28.3. The number of unbranched alkanes of at least 4 members (excludes halogenated alkanes) is 28. The molecule has 1 heterocycles. The number of esters is 3. The molecule has 0 aromatic heterocycles. The van der Waals surface area contributed by atoms with Crippen LogP contribution in [0.4, 0.5) is 0 Å². The predicted octanol–water partition coefficient (Wildman–Crippen LogP) is 13.1. The number of carbonyl (C=O) groups excluding carboxylic acids is 3. The SMILES string of the molecule is CCCC/C=C\CCCCCCCC(=O)OC(COC(=O)CCCCCCCCCCCCCCC)COC1OC(C(=O)O)C(O)C(O)C1OC(=O)CCCCCCC/C=C\CCCCCC. The lowest BCUT2D eigenvalue weighted by molar-refractivity contribution is -0.301. The maximum absolute atomic E-state index is 13.0. The average molecular weight is 951 g/mol. The number of carboxylic acids is 1. The Bertz CT molecular complexity index is 1270. The molecule has 0 spiro atoms. The second kappa shape index (κ2) is 44.4. The van der Waals surface area contributed by atoms with Crippen molar-refractivity contribution >= 4 is 23.9 Å². The van der Waals surface area contributed by atoms with Crippen molar-refractivity contribution in [2.24, 2.45) is 0 Å². The van der Waals surface area contributed by atoms with Gasteiger partial charge in [-0.15, -0.1) is 0 Å². The van der Waals surface area contributed by atoms with Gasteiger partial charge >= 0.3 is 23.9 Å². The van der Waals surface area contributed by atoms with Gasteiger partial charge in [0.1, 0.15) is 18.8 Å². The van der Waals surface area contributed by atoms with Gasteiger partial charge in [0.05, 0.1) is 6.61 Å². The van der Waals surface area contributed by atoms with Crippen molar-refractivity contribution in [3.8, 4) is 0 Å². The van der Waals surface area contributed by atoms with Crippen LogP contribution in [0.25, 0.3) is 0 Å². The predicted molar refractivity (Wildman–Crippen MR) is 266 cm³/mol. The van der Waals surface area contributed by atoms with Gasteiger partial charge in [-0.3, -0.25) is 14.4 Å². The fraction of sp³-hybridized carbons (Fsp3) is 0.855. The van der Waals surface area contributed by atoms with Crippen LogP contribution in [0, 0.1) is 0 Å². The zero-order valence-corrected chi connectivity index (χ0v) is 42.7. The lowest BCUT2D eigenvalue weighted by Gasteiger charge is -2.40. The molecule has 12 heteroatoms. The zero-order chi connectivity index (χ0) is 49.0. The van der Waals surface area contributed by atoms with Gasteiger partial charge in [0.15, 0.2) is 24.6 Å². The largest absolute Gasteiger partial charge is 0.479 e. The minimum atomic E-state index is -1.90. The fourth-order valence-electron chi connectivity index (χ4n) is 8.23. The van der Waals surface area contributed by atoms with E-state index in [2.05, 4.69) is 45.1 Å². The summed E-state index contributed by atoms with van der Waals surface area (Å²) in [6.45, 7) is 5.92. The molecule has 0 amide bonds. The maximum Gasteiger partial charge on any atom is 0.335 e. The lowest BCUT2D eigenvalue weighted by atomic mass is 9.98. The van der Waals surface area contributed by atoms with Crippen molar-refractivity contribution < 1.29 is 58.2 Å². The zero-order valence-electron chi connectivity index (χ0n) is 42.7. The van der Waals surface area contributed by atoms with Crippen molar-refractivity contribution in [1.29, 1.82) is 0 Å². The summed E-state index contributed by atoms with van der Waals surface area (Å²) in [6.07, 6.45) is 35.9. The Morgan fingerprint density at radius 1 is 0.478 bits per heavy atom. The van der Waals surface area contributed by atoms with Crippen LogP contribution in [0.2, 0.25) is 0 Å². The van der Waals surface area contributed by atoms with E-state index in [0.717, 1.165) is 96.3 Å². The van der Waals surface area contributed by atoms with E-state index in [-0.39, 0.29) is 25.9 Å². The Hall–Kier alpha value is -2.80. The first-order chi connectivity index (χ1) is 32.6. The first kappa shape index (κ1) is 62.2.